The molecule has 0 atom stereocenters. The monoisotopic (exact) mass is 236 g/mol. The van der Waals surface area contributed by atoms with Gasteiger partial charge in [0.2, 0.25) is 5.90 Å². The number of aliphatic imine (C=N–C) groups is 1. The Labute approximate surface area is 100 Å². The van der Waals surface area contributed by atoms with Crippen molar-refractivity contribution in [2.45, 2.75) is 24.3 Å². The summed E-state index contributed by atoms with van der Waals surface area (Å²) in [5, 5.41) is 0. The van der Waals surface area contributed by atoms with E-state index in [4.69, 9.17) is 10.5 Å². The fraction of sp³-hybridized carbons (Fsp3) is 0.417. The van der Waals surface area contributed by atoms with Crippen molar-refractivity contribution in [1.29, 1.82) is 0 Å². The van der Waals surface area contributed by atoms with E-state index >= 15 is 0 Å². The minimum Gasteiger partial charge on any atom is -0.469 e. The quantitative estimate of drug-likeness (QED) is 0.634. The highest BCUT2D eigenvalue weighted by atomic mass is 32.2. The molecule has 1 aliphatic rings. The highest BCUT2D eigenvalue weighted by molar-refractivity contribution is 7.98. The highest BCUT2D eigenvalue weighted by Gasteiger charge is 2.28. The summed E-state index contributed by atoms with van der Waals surface area (Å²) in [6, 6.07) is 5.88. The lowest BCUT2D eigenvalue weighted by atomic mass is 10.1. The van der Waals surface area contributed by atoms with Crippen molar-refractivity contribution in [1.82, 2.24) is 0 Å². The zero-order valence-corrected chi connectivity index (χ0v) is 10.6. The summed E-state index contributed by atoms with van der Waals surface area (Å²) in [5.74, 6) is 0.723. The number of hydrogen-bond donors (Lipinski definition) is 1. The first-order valence-electron chi connectivity index (χ1n) is 5.19. The first-order chi connectivity index (χ1) is 7.52. The number of nitrogens with zero attached hydrogens (tertiary/aromatic N) is 1. The molecule has 1 aromatic rings. The molecule has 1 heterocycles. The van der Waals surface area contributed by atoms with E-state index in [0.717, 1.165) is 22.0 Å². The molecular weight excluding hydrogens is 220 g/mol. The van der Waals surface area contributed by atoms with Crippen LogP contribution in [-0.2, 0) is 4.74 Å². The van der Waals surface area contributed by atoms with Gasteiger partial charge >= 0.3 is 0 Å². The van der Waals surface area contributed by atoms with Gasteiger partial charge in [-0.05, 0) is 38.3 Å². The SMILES string of the molecule is CSc1cc(C2=NCC(C)(C)O2)ccc1N. The van der Waals surface area contributed by atoms with Gasteiger partial charge in [0.05, 0.1) is 6.54 Å². The van der Waals surface area contributed by atoms with Crippen molar-refractivity contribution in [3.63, 3.8) is 0 Å². The van der Waals surface area contributed by atoms with E-state index in [1.807, 2.05) is 38.3 Å². The van der Waals surface area contributed by atoms with Gasteiger partial charge in [-0.3, -0.25) is 0 Å². The Morgan fingerprint density at radius 3 is 2.75 bits per heavy atom. The third-order valence-corrected chi connectivity index (χ3v) is 3.25. The van der Waals surface area contributed by atoms with Gasteiger partial charge in [-0.1, -0.05) is 0 Å². The summed E-state index contributed by atoms with van der Waals surface area (Å²) in [4.78, 5) is 5.47. The molecule has 16 heavy (non-hydrogen) atoms. The molecular formula is C12H16N2OS. The molecule has 0 radical (unpaired) electrons. The predicted octanol–water partition coefficient (Wildman–Crippen LogP) is 2.55. The van der Waals surface area contributed by atoms with Crippen molar-refractivity contribution >= 4 is 23.3 Å². The van der Waals surface area contributed by atoms with Crippen LogP contribution in [-0.4, -0.2) is 24.3 Å². The number of benzene rings is 1. The molecule has 1 aliphatic heterocycles. The van der Waals surface area contributed by atoms with Crippen LogP contribution in [0.4, 0.5) is 5.69 Å². The molecule has 0 amide bonds. The molecule has 0 saturated heterocycles. The first kappa shape index (κ1) is 11.3. The van der Waals surface area contributed by atoms with E-state index in [1.165, 1.54) is 0 Å². The summed E-state index contributed by atoms with van der Waals surface area (Å²) in [6.45, 7) is 4.79. The Morgan fingerprint density at radius 1 is 1.44 bits per heavy atom. The number of thioether (sulfide) groups is 1. The highest BCUT2D eigenvalue weighted by Crippen LogP contribution is 2.27. The van der Waals surface area contributed by atoms with Gasteiger partial charge in [0, 0.05) is 16.1 Å². The van der Waals surface area contributed by atoms with E-state index in [2.05, 4.69) is 4.99 Å². The van der Waals surface area contributed by atoms with Gasteiger partial charge < -0.3 is 10.5 Å². The largest absolute Gasteiger partial charge is 0.469 e. The number of anilines is 1. The second-order valence-electron chi connectivity index (χ2n) is 4.44. The van der Waals surface area contributed by atoms with E-state index < -0.39 is 0 Å². The molecule has 0 aromatic heterocycles. The van der Waals surface area contributed by atoms with E-state index in [-0.39, 0.29) is 5.60 Å². The van der Waals surface area contributed by atoms with E-state index in [9.17, 15) is 0 Å². The number of hydrogen-bond acceptors (Lipinski definition) is 4. The molecule has 0 bridgehead atoms. The van der Waals surface area contributed by atoms with Crippen molar-refractivity contribution in [3.8, 4) is 0 Å². The summed E-state index contributed by atoms with van der Waals surface area (Å²) < 4.78 is 5.77. The Balaban J connectivity index is 2.29. The molecule has 1 aromatic carbocycles. The molecule has 3 nitrogen and oxygen atoms in total. The molecule has 0 aliphatic carbocycles. The van der Waals surface area contributed by atoms with Crippen molar-refractivity contribution < 1.29 is 4.74 Å². The predicted molar refractivity (Wildman–Crippen MR) is 69.2 cm³/mol. The van der Waals surface area contributed by atoms with Crippen LogP contribution in [0.25, 0.3) is 0 Å². The van der Waals surface area contributed by atoms with Gasteiger partial charge in [-0.2, -0.15) is 0 Å². The van der Waals surface area contributed by atoms with Crippen molar-refractivity contribution in [2.24, 2.45) is 4.99 Å². The second-order valence-corrected chi connectivity index (χ2v) is 5.29. The van der Waals surface area contributed by atoms with Crippen LogP contribution in [0.3, 0.4) is 0 Å². The third kappa shape index (κ3) is 2.16. The Morgan fingerprint density at radius 2 is 2.19 bits per heavy atom. The van der Waals surface area contributed by atoms with Gasteiger partial charge in [-0.15, -0.1) is 11.8 Å². The lowest BCUT2D eigenvalue weighted by Crippen LogP contribution is -2.24. The molecule has 4 heteroatoms. The maximum atomic E-state index is 5.85. The topological polar surface area (TPSA) is 47.6 Å². The van der Waals surface area contributed by atoms with Crippen molar-refractivity contribution in [3.05, 3.63) is 23.8 Å². The normalized spacial score (nSPS) is 18.1. The lowest BCUT2D eigenvalue weighted by molar-refractivity contribution is 0.131. The fourth-order valence-corrected chi connectivity index (χ4v) is 2.13. The van der Waals surface area contributed by atoms with Crippen LogP contribution in [0.2, 0.25) is 0 Å². The minimum absolute atomic E-state index is 0.184. The molecule has 2 rings (SSSR count). The van der Waals surface area contributed by atoms with Gasteiger partial charge in [0.15, 0.2) is 0 Å². The van der Waals surface area contributed by atoms with Crippen LogP contribution in [0.1, 0.15) is 19.4 Å². The smallest absolute Gasteiger partial charge is 0.216 e. The first-order valence-corrected chi connectivity index (χ1v) is 6.42. The fourth-order valence-electron chi connectivity index (χ4n) is 1.58. The average Bonchev–Trinajstić information content (AvgIpc) is 2.59. The second kappa shape index (κ2) is 4.01. The number of ether oxygens (including phenoxy) is 1. The molecule has 0 saturated carbocycles. The van der Waals surface area contributed by atoms with Crippen LogP contribution in [0.5, 0.6) is 0 Å². The standard InChI is InChI=1S/C12H16N2OS/c1-12(2)7-14-11(15-12)8-4-5-9(13)10(6-8)16-3/h4-6H,7,13H2,1-3H3. The minimum atomic E-state index is -0.184. The average molecular weight is 236 g/mol. The van der Waals surface area contributed by atoms with Gasteiger partial charge in [0.25, 0.3) is 0 Å². The maximum Gasteiger partial charge on any atom is 0.216 e. The summed E-state index contributed by atoms with van der Waals surface area (Å²) in [7, 11) is 0. The molecule has 2 N–H and O–H groups in total. The zero-order chi connectivity index (χ0) is 11.8. The summed E-state index contributed by atoms with van der Waals surface area (Å²) in [6.07, 6.45) is 2.01. The Kier molecular flexibility index (Phi) is 2.84. The van der Waals surface area contributed by atoms with E-state index in [0.29, 0.717) is 6.54 Å². The van der Waals surface area contributed by atoms with Crippen LogP contribution in [0, 0.1) is 0 Å². The molecule has 0 fully saturated rings. The van der Waals surface area contributed by atoms with Crippen LogP contribution >= 0.6 is 11.8 Å². The molecule has 86 valence electrons. The number of rotatable bonds is 2. The van der Waals surface area contributed by atoms with Gasteiger partial charge in [-0.25, -0.2) is 4.99 Å². The zero-order valence-electron chi connectivity index (χ0n) is 9.78. The Hall–Kier alpha value is -1.16. The van der Waals surface area contributed by atoms with Crippen molar-refractivity contribution in [2.75, 3.05) is 18.5 Å². The van der Waals surface area contributed by atoms with Gasteiger partial charge in [0.1, 0.15) is 5.60 Å². The lowest BCUT2D eigenvalue weighted by Gasteiger charge is -2.17. The van der Waals surface area contributed by atoms with Crippen LogP contribution in [0.15, 0.2) is 28.1 Å². The molecule has 0 spiro atoms. The maximum absolute atomic E-state index is 5.85. The molecule has 0 unspecified atom stereocenters. The number of nitrogens with two attached hydrogens (primary N) is 1. The summed E-state index contributed by atoms with van der Waals surface area (Å²) in [5.41, 5.74) is 7.47. The Bertz CT molecular complexity index is 441. The number of nitrogen functional groups attached to an aromatic ring is 1. The van der Waals surface area contributed by atoms with Crippen LogP contribution < -0.4 is 5.73 Å². The van der Waals surface area contributed by atoms with E-state index in [1.54, 1.807) is 11.8 Å². The summed E-state index contributed by atoms with van der Waals surface area (Å²) >= 11 is 1.63. The third-order valence-electron chi connectivity index (χ3n) is 2.46.